The molecule has 0 saturated heterocycles. The maximum atomic E-state index is 13.4. The minimum absolute atomic E-state index is 0.0535. The number of hydrogen-bond acceptors (Lipinski definition) is 5. The molecule has 0 aliphatic carbocycles. The third-order valence-corrected chi connectivity index (χ3v) is 6.16. The Labute approximate surface area is 190 Å². The summed E-state index contributed by atoms with van der Waals surface area (Å²) in [7, 11) is -3.90. The highest BCUT2D eigenvalue weighted by molar-refractivity contribution is 7.92. The van der Waals surface area contributed by atoms with Crippen molar-refractivity contribution >= 4 is 27.3 Å². The van der Waals surface area contributed by atoms with Gasteiger partial charge in [0.15, 0.2) is 5.82 Å². The van der Waals surface area contributed by atoms with E-state index in [1.807, 2.05) is 30.3 Å². The molecule has 0 unspecified atom stereocenters. The van der Waals surface area contributed by atoms with E-state index in [4.69, 9.17) is 0 Å². The van der Waals surface area contributed by atoms with E-state index in [-0.39, 0.29) is 16.1 Å². The van der Waals surface area contributed by atoms with Gasteiger partial charge in [0, 0.05) is 16.8 Å². The predicted octanol–water partition coefficient (Wildman–Crippen LogP) is 4.64. The van der Waals surface area contributed by atoms with Crippen molar-refractivity contribution in [1.29, 1.82) is 0 Å². The van der Waals surface area contributed by atoms with Gasteiger partial charge in [-0.25, -0.2) is 22.8 Å². The van der Waals surface area contributed by atoms with E-state index in [0.29, 0.717) is 17.1 Å². The summed E-state index contributed by atoms with van der Waals surface area (Å²) in [5.41, 5.74) is 2.11. The second-order valence-electron chi connectivity index (χ2n) is 7.21. The number of nitrogens with zero attached hydrogens (tertiary/aromatic N) is 2. The summed E-state index contributed by atoms with van der Waals surface area (Å²) in [5, 5.41) is 2.70. The molecular formula is C24H19FN4O3S. The molecule has 0 spiro atoms. The van der Waals surface area contributed by atoms with Crippen molar-refractivity contribution in [2.45, 2.75) is 11.8 Å². The number of halogens is 1. The van der Waals surface area contributed by atoms with E-state index in [0.717, 1.165) is 11.6 Å². The third-order valence-electron chi connectivity index (χ3n) is 4.78. The van der Waals surface area contributed by atoms with Gasteiger partial charge >= 0.3 is 0 Å². The lowest BCUT2D eigenvalue weighted by molar-refractivity contribution is 0.102. The monoisotopic (exact) mass is 462 g/mol. The Bertz CT molecular complexity index is 1390. The lowest BCUT2D eigenvalue weighted by Crippen LogP contribution is -2.14. The molecular weight excluding hydrogens is 443 g/mol. The molecule has 1 amide bonds. The molecule has 33 heavy (non-hydrogen) atoms. The molecule has 0 saturated carbocycles. The zero-order valence-electron chi connectivity index (χ0n) is 17.5. The number of amides is 1. The van der Waals surface area contributed by atoms with Crippen molar-refractivity contribution in [3.8, 4) is 11.4 Å². The highest BCUT2D eigenvalue weighted by atomic mass is 32.2. The van der Waals surface area contributed by atoms with Crippen molar-refractivity contribution in [2.24, 2.45) is 0 Å². The lowest BCUT2D eigenvalue weighted by Gasteiger charge is -2.10. The Morgan fingerprint density at radius 3 is 2.18 bits per heavy atom. The van der Waals surface area contributed by atoms with Gasteiger partial charge in [0.2, 0.25) is 0 Å². The first-order chi connectivity index (χ1) is 15.8. The summed E-state index contributed by atoms with van der Waals surface area (Å²) < 4.78 is 40.9. The predicted molar refractivity (Wildman–Crippen MR) is 124 cm³/mol. The van der Waals surface area contributed by atoms with Crippen LogP contribution in [0.15, 0.2) is 90.1 Å². The van der Waals surface area contributed by atoms with Crippen molar-refractivity contribution < 1.29 is 17.6 Å². The average molecular weight is 463 g/mol. The van der Waals surface area contributed by atoms with Gasteiger partial charge in [0.05, 0.1) is 23.0 Å². The minimum Gasteiger partial charge on any atom is -0.319 e. The number of carbonyl (C=O) groups is 1. The molecule has 0 radical (unpaired) electrons. The van der Waals surface area contributed by atoms with Crippen LogP contribution in [-0.2, 0) is 10.0 Å². The molecule has 4 aromatic rings. The number of anilines is 2. The van der Waals surface area contributed by atoms with Crippen LogP contribution in [0.25, 0.3) is 11.4 Å². The zero-order valence-corrected chi connectivity index (χ0v) is 18.3. The van der Waals surface area contributed by atoms with Crippen molar-refractivity contribution in [3.63, 3.8) is 0 Å². The van der Waals surface area contributed by atoms with Gasteiger partial charge in [-0.15, -0.1) is 0 Å². The van der Waals surface area contributed by atoms with Crippen LogP contribution < -0.4 is 10.0 Å². The summed E-state index contributed by atoms with van der Waals surface area (Å²) in [5.74, 6) is -0.333. The number of aromatic nitrogens is 2. The molecule has 0 aliphatic rings. The fourth-order valence-corrected chi connectivity index (χ4v) is 4.16. The molecule has 0 bridgehead atoms. The topological polar surface area (TPSA) is 101 Å². The summed E-state index contributed by atoms with van der Waals surface area (Å²) in [4.78, 5) is 21.0. The van der Waals surface area contributed by atoms with Gasteiger partial charge in [0.1, 0.15) is 5.82 Å². The van der Waals surface area contributed by atoms with Crippen LogP contribution in [-0.4, -0.2) is 24.3 Å². The molecule has 1 aromatic heterocycles. The molecule has 2 N–H and O–H groups in total. The molecule has 0 aliphatic heterocycles. The number of benzene rings is 3. The van der Waals surface area contributed by atoms with Crippen molar-refractivity contribution in [2.75, 3.05) is 10.0 Å². The second-order valence-corrected chi connectivity index (χ2v) is 8.89. The molecule has 1 heterocycles. The summed E-state index contributed by atoms with van der Waals surface area (Å²) in [6.07, 6.45) is 3.03. The average Bonchev–Trinajstić information content (AvgIpc) is 2.82. The lowest BCUT2D eigenvalue weighted by atomic mass is 10.2. The first kappa shape index (κ1) is 22.1. The maximum Gasteiger partial charge on any atom is 0.261 e. The van der Waals surface area contributed by atoms with E-state index >= 15 is 0 Å². The number of sulfonamides is 1. The molecule has 4 rings (SSSR count). The highest BCUT2D eigenvalue weighted by Crippen LogP contribution is 2.20. The molecule has 3 aromatic carbocycles. The molecule has 0 atom stereocenters. The fourth-order valence-electron chi connectivity index (χ4n) is 3.02. The molecule has 166 valence electrons. The smallest absolute Gasteiger partial charge is 0.261 e. The van der Waals surface area contributed by atoms with Crippen LogP contribution in [0.4, 0.5) is 15.8 Å². The van der Waals surface area contributed by atoms with Crippen molar-refractivity contribution in [1.82, 2.24) is 9.97 Å². The number of nitrogens with one attached hydrogen (secondary N) is 2. The summed E-state index contributed by atoms with van der Waals surface area (Å²) in [6, 6.07) is 18.9. The van der Waals surface area contributed by atoms with Gasteiger partial charge in [-0.05, 0) is 55.0 Å². The van der Waals surface area contributed by atoms with Crippen molar-refractivity contribution in [3.05, 3.63) is 102 Å². The minimum atomic E-state index is -3.90. The summed E-state index contributed by atoms with van der Waals surface area (Å²) >= 11 is 0. The Morgan fingerprint density at radius 1 is 0.879 bits per heavy atom. The van der Waals surface area contributed by atoms with Crippen LogP contribution >= 0.6 is 0 Å². The number of aryl methyl sites for hydroxylation is 1. The Hall–Kier alpha value is -4.11. The van der Waals surface area contributed by atoms with Gasteiger partial charge in [0.25, 0.3) is 15.9 Å². The van der Waals surface area contributed by atoms with Gasteiger partial charge in [-0.2, -0.15) is 0 Å². The van der Waals surface area contributed by atoms with E-state index < -0.39 is 21.7 Å². The standard InChI is InChI=1S/C24H19FN4O3S/c1-16-13-21(11-12-22(16)25)33(31,32)29-19-9-7-18(8-10-19)24(30)28-20-14-26-23(27-15-20)17-5-3-2-4-6-17/h2-15,29H,1H3,(H,28,30). The SMILES string of the molecule is Cc1cc(S(=O)(=O)Nc2ccc(C(=O)Nc3cnc(-c4ccccc4)nc3)cc2)ccc1F. The normalized spacial score (nSPS) is 11.1. The molecule has 7 nitrogen and oxygen atoms in total. The maximum absolute atomic E-state index is 13.4. The number of carbonyl (C=O) groups excluding carboxylic acids is 1. The van der Waals surface area contributed by atoms with Crippen LogP contribution in [0.5, 0.6) is 0 Å². The van der Waals surface area contributed by atoms with E-state index in [1.165, 1.54) is 55.7 Å². The fraction of sp³-hybridized carbons (Fsp3) is 0.0417. The van der Waals surface area contributed by atoms with E-state index in [2.05, 4.69) is 20.0 Å². The Balaban J connectivity index is 1.42. The first-order valence-corrected chi connectivity index (χ1v) is 11.4. The van der Waals surface area contributed by atoms with Crippen LogP contribution in [0.1, 0.15) is 15.9 Å². The Morgan fingerprint density at radius 2 is 1.55 bits per heavy atom. The first-order valence-electron chi connectivity index (χ1n) is 9.90. The highest BCUT2D eigenvalue weighted by Gasteiger charge is 2.16. The van der Waals surface area contributed by atoms with Crippen LogP contribution in [0.2, 0.25) is 0 Å². The van der Waals surface area contributed by atoms with Gasteiger partial charge in [-0.3, -0.25) is 9.52 Å². The Kier molecular flexibility index (Phi) is 6.14. The molecule has 0 fully saturated rings. The van der Waals surface area contributed by atoms with E-state index in [1.54, 1.807) is 0 Å². The van der Waals surface area contributed by atoms with Crippen LogP contribution in [0, 0.1) is 12.7 Å². The van der Waals surface area contributed by atoms with Crippen LogP contribution in [0.3, 0.4) is 0 Å². The zero-order chi connectivity index (χ0) is 23.4. The molecule has 9 heteroatoms. The quantitative estimate of drug-likeness (QED) is 0.435. The van der Waals surface area contributed by atoms with E-state index in [9.17, 15) is 17.6 Å². The number of rotatable bonds is 6. The second kappa shape index (κ2) is 9.17. The largest absolute Gasteiger partial charge is 0.319 e. The van der Waals surface area contributed by atoms with Gasteiger partial charge < -0.3 is 5.32 Å². The third kappa shape index (κ3) is 5.21. The number of hydrogen-bond donors (Lipinski definition) is 2. The summed E-state index contributed by atoms with van der Waals surface area (Å²) in [6.45, 7) is 1.49. The van der Waals surface area contributed by atoms with Gasteiger partial charge in [-0.1, -0.05) is 30.3 Å².